The van der Waals surface area contributed by atoms with Gasteiger partial charge in [-0.05, 0) is 7.05 Å². The van der Waals surface area contributed by atoms with Crippen LogP contribution in [-0.4, -0.2) is 86.9 Å². The molecular formula is C19H25N7O3. The fourth-order valence-corrected chi connectivity index (χ4v) is 4.67. The molecule has 2 saturated heterocycles. The van der Waals surface area contributed by atoms with Gasteiger partial charge in [0, 0.05) is 58.2 Å². The fraction of sp³-hybridized carbons (Fsp3) is 0.579. The monoisotopic (exact) mass is 399 g/mol. The van der Waals surface area contributed by atoms with E-state index in [0.717, 1.165) is 18.8 Å². The summed E-state index contributed by atoms with van der Waals surface area (Å²) in [6.07, 6.45) is 7.27. The van der Waals surface area contributed by atoms with Crippen molar-refractivity contribution in [2.45, 2.75) is 24.1 Å². The summed E-state index contributed by atoms with van der Waals surface area (Å²) in [5, 5.41) is 7.13. The molecule has 0 aliphatic carbocycles. The maximum Gasteiger partial charge on any atom is 0.255 e. The van der Waals surface area contributed by atoms with Gasteiger partial charge in [0.1, 0.15) is 11.9 Å². The van der Waals surface area contributed by atoms with Crippen molar-refractivity contribution >= 4 is 11.8 Å². The zero-order valence-corrected chi connectivity index (χ0v) is 16.6. The quantitative estimate of drug-likeness (QED) is 0.737. The predicted molar refractivity (Wildman–Crippen MR) is 102 cm³/mol. The highest BCUT2D eigenvalue weighted by Gasteiger charge is 2.54. The van der Waals surface area contributed by atoms with Crippen LogP contribution in [0.15, 0.2) is 24.8 Å². The third-order valence-electron chi connectivity index (χ3n) is 6.18. The van der Waals surface area contributed by atoms with Gasteiger partial charge in [-0.3, -0.25) is 14.3 Å². The second-order valence-corrected chi connectivity index (χ2v) is 8.33. The van der Waals surface area contributed by atoms with E-state index in [9.17, 15) is 9.59 Å². The van der Waals surface area contributed by atoms with E-state index in [1.54, 1.807) is 30.3 Å². The molecule has 0 bridgehead atoms. The van der Waals surface area contributed by atoms with E-state index in [1.807, 2.05) is 18.1 Å². The zero-order chi connectivity index (χ0) is 20.2. The Morgan fingerprint density at radius 3 is 2.86 bits per heavy atom. The summed E-state index contributed by atoms with van der Waals surface area (Å²) in [5.41, 5.74) is 0.310. The van der Waals surface area contributed by atoms with Gasteiger partial charge < -0.3 is 24.4 Å². The summed E-state index contributed by atoms with van der Waals surface area (Å²) in [4.78, 5) is 33.9. The minimum Gasteiger partial charge on any atom is -0.366 e. The van der Waals surface area contributed by atoms with Gasteiger partial charge in [-0.25, -0.2) is 4.98 Å². The number of hydrogen-bond donors (Lipinski definition) is 1. The van der Waals surface area contributed by atoms with Crippen molar-refractivity contribution in [1.82, 2.24) is 34.4 Å². The molecule has 0 radical (unpaired) electrons. The van der Waals surface area contributed by atoms with Crippen LogP contribution in [0.2, 0.25) is 0 Å². The number of aromatic nitrogens is 4. The number of rotatable bonds is 3. The molecule has 10 heteroatoms. The number of nitrogens with zero attached hydrogens (tertiary/aromatic N) is 6. The largest absolute Gasteiger partial charge is 0.366 e. The Labute approximate surface area is 168 Å². The number of carbonyl (C=O) groups is 2. The summed E-state index contributed by atoms with van der Waals surface area (Å²) >= 11 is 0. The second-order valence-electron chi connectivity index (χ2n) is 8.33. The van der Waals surface area contributed by atoms with E-state index in [4.69, 9.17) is 4.74 Å². The number of hydrogen-bond acceptors (Lipinski definition) is 6. The van der Waals surface area contributed by atoms with Crippen molar-refractivity contribution in [2.75, 3.05) is 39.8 Å². The summed E-state index contributed by atoms with van der Waals surface area (Å²) < 4.78 is 9.41. The number of ether oxygens (including phenoxy) is 1. The molecule has 5 heterocycles. The highest BCUT2D eigenvalue weighted by atomic mass is 16.5. The van der Waals surface area contributed by atoms with Crippen LogP contribution in [0.5, 0.6) is 0 Å². The van der Waals surface area contributed by atoms with Gasteiger partial charge in [0.15, 0.2) is 0 Å². The van der Waals surface area contributed by atoms with E-state index < -0.39 is 6.10 Å². The van der Waals surface area contributed by atoms with E-state index in [-0.39, 0.29) is 23.4 Å². The van der Waals surface area contributed by atoms with Crippen LogP contribution in [0, 0.1) is 0 Å². The van der Waals surface area contributed by atoms with Crippen LogP contribution >= 0.6 is 0 Å². The average Bonchev–Trinajstić information content (AvgIpc) is 3.37. The number of amides is 2. The maximum absolute atomic E-state index is 12.8. The molecule has 2 aromatic heterocycles. The maximum atomic E-state index is 12.8. The molecule has 5 rings (SSSR count). The number of nitrogens with one attached hydrogen (secondary N) is 1. The van der Waals surface area contributed by atoms with Gasteiger partial charge >= 0.3 is 0 Å². The Bertz CT molecular complexity index is 945. The van der Waals surface area contributed by atoms with Crippen molar-refractivity contribution in [3.05, 3.63) is 36.2 Å². The normalized spacial score (nSPS) is 25.7. The van der Waals surface area contributed by atoms with Crippen LogP contribution in [0.4, 0.5) is 0 Å². The van der Waals surface area contributed by atoms with Crippen LogP contribution < -0.4 is 5.32 Å². The zero-order valence-electron chi connectivity index (χ0n) is 16.6. The molecule has 2 aromatic rings. The van der Waals surface area contributed by atoms with Crippen molar-refractivity contribution in [2.24, 2.45) is 7.05 Å². The van der Waals surface area contributed by atoms with Crippen molar-refractivity contribution in [1.29, 1.82) is 0 Å². The van der Waals surface area contributed by atoms with Crippen molar-refractivity contribution < 1.29 is 14.3 Å². The SMILES string of the molecule is CN1CCOC(C(=O)N2CC3(CC(NC(=O)c4cnn(C)c4)c4nccn43)C2)C1. The summed E-state index contributed by atoms with van der Waals surface area (Å²) in [7, 11) is 3.78. The van der Waals surface area contributed by atoms with Crippen LogP contribution in [-0.2, 0) is 22.1 Å². The molecule has 2 amide bonds. The fourth-order valence-electron chi connectivity index (χ4n) is 4.67. The van der Waals surface area contributed by atoms with Crippen molar-refractivity contribution in [3.63, 3.8) is 0 Å². The highest BCUT2D eigenvalue weighted by molar-refractivity contribution is 5.94. The Morgan fingerprint density at radius 1 is 1.31 bits per heavy atom. The van der Waals surface area contributed by atoms with Crippen molar-refractivity contribution in [3.8, 4) is 0 Å². The van der Waals surface area contributed by atoms with Gasteiger partial charge in [0.05, 0.1) is 29.9 Å². The smallest absolute Gasteiger partial charge is 0.255 e. The lowest BCUT2D eigenvalue weighted by Crippen LogP contribution is -2.66. The van der Waals surface area contributed by atoms with Gasteiger partial charge in [-0.1, -0.05) is 0 Å². The predicted octanol–water partition coefficient (Wildman–Crippen LogP) is -0.640. The summed E-state index contributed by atoms with van der Waals surface area (Å²) in [5.74, 6) is 0.718. The Hall–Kier alpha value is -2.72. The number of fused-ring (bicyclic) bond motifs is 2. The Kier molecular flexibility index (Phi) is 4.21. The molecule has 2 fully saturated rings. The number of imidazole rings is 1. The number of likely N-dealkylation sites (tertiary alicyclic amines) is 1. The average molecular weight is 399 g/mol. The summed E-state index contributed by atoms with van der Waals surface area (Å²) in [6.45, 7) is 3.28. The molecule has 29 heavy (non-hydrogen) atoms. The lowest BCUT2D eigenvalue weighted by atomic mass is 9.85. The van der Waals surface area contributed by atoms with E-state index in [2.05, 4.69) is 24.9 Å². The van der Waals surface area contributed by atoms with Gasteiger partial charge in [0.2, 0.25) is 0 Å². The molecule has 2 atom stereocenters. The first-order valence-corrected chi connectivity index (χ1v) is 9.87. The molecular weight excluding hydrogens is 374 g/mol. The van der Waals surface area contributed by atoms with Gasteiger partial charge in [-0.2, -0.15) is 5.10 Å². The molecule has 3 aliphatic heterocycles. The lowest BCUT2D eigenvalue weighted by molar-refractivity contribution is -0.159. The number of likely N-dealkylation sites (N-methyl/N-ethyl adjacent to an activating group) is 1. The Morgan fingerprint density at radius 2 is 2.14 bits per heavy atom. The highest BCUT2D eigenvalue weighted by Crippen LogP contribution is 2.44. The summed E-state index contributed by atoms with van der Waals surface area (Å²) in [6, 6.07) is -0.188. The third-order valence-corrected chi connectivity index (χ3v) is 6.18. The molecule has 0 saturated carbocycles. The topological polar surface area (TPSA) is 97.5 Å². The van der Waals surface area contributed by atoms with Crippen LogP contribution in [0.1, 0.15) is 28.6 Å². The first kappa shape index (κ1) is 18.3. The minimum absolute atomic E-state index is 0.0479. The molecule has 2 unspecified atom stereocenters. The molecule has 0 aromatic carbocycles. The number of aryl methyl sites for hydroxylation is 1. The first-order chi connectivity index (χ1) is 13.9. The van der Waals surface area contributed by atoms with E-state index in [0.29, 0.717) is 31.8 Å². The van der Waals surface area contributed by atoms with Crippen LogP contribution in [0.3, 0.4) is 0 Å². The first-order valence-electron chi connectivity index (χ1n) is 9.87. The van der Waals surface area contributed by atoms with Crippen LogP contribution in [0.25, 0.3) is 0 Å². The third kappa shape index (κ3) is 3.03. The standard InChI is InChI=1S/C19H25N7O3/c1-23-5-6-29-15(10-23)18(28)25-11-19(12-25)7-14(16-20-3-4-26(16)19)22-17(27)13-8-21-24(2)9-13/h3-4,8-9,14-15H,5-7,10-12H2,1-2H3,(H,22,27). The van der Waals surface area contributed by atoms with E-state index in [1.165, 1.54) is 0 Å². The van der Waals surface area contributed by atoms with E-state index >= 15 is 0 Å². The molecule has 154 valence electrons. The molecule has 1 spiro atoms. The molecule has 3 aliphatic rings. The lowest BCUT2D eigenvalue weighted by Gasteiger charge is -2.50. The van der Waals surface area contributed by atoms with Gasteiger partial charge in [0.25, 0.3) is 11.8 Å². The second kappa shape index (κ2) is 6.67. The Balaban J connectivity index is 1.27. The molecule has 10 nitrogen and oxygen atoms in total. The molecule has 1 N–H and O–H groups in total. The number of morpholine rings is 1. The minimum atomic E-state index is -0.393. The number of carbonyl (C=O) groups excluding carboxylic acids is 2. The van der Waals surface area contributed by atoms with Gasteiger partial charge in [-0.15, -0.1) is 0 Å².